The fourth-order valence-electron chi connectivity index (χ4n) is 1.59. The summed E-state index contributed by atoms with van der Waals surface area (Å²) >= 11 is 0. The maximum Gasteiger partial charge on any atom is 0.323 e. The number of hydrogen-bond donors (Lipinski definition) is 1. The van der Waals surface area contributed by atoms with Gasteiger partial charge in [-0.3, -0.25) is 19.7 Å². The number of nitro groups is 1. The summed E-state index contributed by atoms with van der Waals surface area (Å²) in [6, 6.07) is 3.94. The predicted molar refractivity (Wildman–Crippen MR) is 70.2 cm³/mol. The van der Waals surface area contributed by atoms with Crippen LogP contribution in [0, 0.1) is 29.4 Å². The quantitative estimate of drug-likeness (QED) is 0.492. The van der Waals surface area contributed by atoms with Crippen molar-refractivity contribution in [2.75, 3.05) is 13.1 Å². The highest BCUT2D eigenvalue weighted by molar-refractivity contribution is 5.96. The number of nitro benzene ring substituents is 1. The Hall–Kier alpha value is -2.88. The summed E-state index contributed by atoms with van der Waals surface area (Å²) in [4.78, 5) is 33.9. The molecule has 1 rings (SSSR count). The van der Waals surface area contributed by atoms with Crippen LogP contribution in [0.25, 0.3) is 0 Å². The first kappa shape index (κ1) is 15.2. The normalized spacial score (nSPS) is 9.60. The highest BCUT2D eigenvalue weighted by atomic mass is 16.6. The average molecular weight is 276 g/mol. The number of hydrogen-bond acceptors (Lipinski definition) is 4. The summed E-state index contributed by atoms with van der Waals surface area (Å²) < 4.78 is 0. The molecule has 0 saturated heterocycles. The smallest absolute Gasteiger partial charge is 0.323 e. The lowest BCUT2D eigenvalue weighted by molar-refractivity contribution is -0.385. The largest absolute Gasteiger partial charge is 0.480 e. The first-order valence-corrected chi connectivity index (χ1v) is 5.56. The third-order valence-corrected chi connectivity index (χ3v) is 2.55. The topological polar surface area (TPSA) is 101 Å². The molecular weight excluding hydrogens is 264 g/mol. The van der Waals surface area contributed by atoms with Crippen molar-refractivity contribution in [2.24, 2.45) is 0 Å². The zero-order valence-electron chi connectivity index (χ0n) is 10.7. The molecule has 0 saturated carbocycles. The molecule has 1 amide bonds. The van der Waals surface area contributed by atoms with Gasteiger partial charge in [0.05, 0.1) is 11.5 Å². The molecule has 0 bridgehead atoms. The number of carboxylic acids is 1. The van der Waals surface area contributed by atoms with Gasteiger partial charge in [-0.1, -0.05) is 12.0 Å². The monoisotopic (exact) mass is 276 g/mol. The fraction of sp³-hybridized carbons (Fsp3) is 0.231. The molecule has 1 N–H and O–H groups in total. The van der Waals surface area contributed by atoms with Crippen LogP contribution >= 0.6 is 0 Å². The minimum atomic E-state index is -1.21. The summed E-state index contributed by atoms with van der Waals surface area (Å²) in [7, 11) is 0. The fourth-order valence-corrected chi connectivity index (χ4v) is 1.59. The van der Waals surface area contributed by atoms with E-state index in [-0.39, 0.29) is 17.8 Å². The standard InChI is InChI=1S/C13H12N2O5/c1-3-6-14(8-12(16)17)13(18)10-5-4-9(2)11(7-10)15(19)20/h1,4-5,7H,6,8H2,2H3,(H,16,17). The van der Waals surface area contributed by atoms with Crippen LogP contribution in [0.1, 0.15) is 15.9 Å². The Morgan fingerprint density at radius 2 is 2.15 bits per heavy atom. The lowest BCUT2D eigenvalue weighted by Gasteiger charge is -2.17. The van der Waals surface area contributed by atoms with E-state index in [0.717, 1.165) is 11.0 Å². The summed E-state index contributed by atoms with van der Waals surface area (Å²) in [6.07, 6.45) is 5.08. The van der Waals surface area contributed by atoms with Gasteiger partial charge in [0.25, 0.3) is 11.6 Å². The molecule has 104 valence electrons. The average Bonchev–Trinajstić information content (AvgIpc) is 2.37. The molecule has 0 aromatic heterocycles. The third kappa shape index (κ3) is 3.55. The van der Waals surface area contributed by atoms with Gasteiger partial charge in [-0.25, -0.2) is 0 Å². The second-order valence-electron chi connectivity index (χ2n) is 4.02. The van der Waals surface area contributed by atoms with Crippen molar-refractivity contribution in [1.29, 1.82) is 0 Å². The Labute approximate surface area is 115 Å². The molecule has 1 aromatic carbocycles. The molecule has 0 spiro atoms. The van der Waals surface area contributed by atoms with Gasteiger partial charge in [0.1, 0.15) is 6.54 Å². The first-order valence-electron chi connectivity index (χ1n) is 5.56. The number of amides is 1. The minimum Gasteiger partial charge on any atom is -0.480 e. The maximum atomic E-state index is 12.1. The first-order chi connectivity index (χ1) is 9.36. The third-order valence-electron chi connectivity index (χ3n) is 2.55. The van der Waals surface area contributed by atoms with Gasteiger partial charge >= 0.3 is 5.97 Å². The van der Waals surface area contributed by atoms with Gasteiger partial charge in [-0.05, 0) is 13.0 Å². The van der Waals surface area contributed by atoms with Crippen LogP contribution in [0.2, 0.25) is 0 Å². The van der Waals surface area contributed by atoms with Gasteiger partial charge in [0.2, 0.25) is 0 Å². The lowest BCUT2D eigenvalue weighted by Crippen LogP contribution is -2.36. The number of nitrogens with zero attached hydrogens (tertiary/aromatic N) is 2. The van der Waals surface area contributed by atoms with Crippen LogP contribution in [0.15, 0.2) is 18.2 Å². The number of carbonyl (C=O) groups excluding carboxylic acids is 1. The molecule has 20 heavy (non-hydrogen) atoms. The van der Waals surface area contributed by atoms with E-state index in [4.69, 9.17) is 11.5 Å². The van der Waals surface area contributed by atoms with Crippen molar-refractivity contribution in [3.8, 4) is 12.3 Å². The molecule has 0 unspecified atom stereocenters. The molecule has 0 aliphatic heterocycles. The Kier molecular flexibility index (Phi) is 4.81. The van der Waals surface area contributed by atoms with Crippen LogP contribution in [-0.2, 0) is 4.79 Å². The SMILES string of the molecule is C#CCN(CC(=O)O)C(=O)c1ccc(C)c([N+](=O)[O-])c1. The van der Waals surface area contributed by atoms with Gasteiger partial charge in [-0.15, -0.1) is 6.42 Å². The summed E-state index contributed by atoms with van der Waals surface area (Å²) in [5, 5.41) is 19.5. The van der Waals surface area contributed by atoms with Gasteiger partial charge < -0.3 is 10.0 Å². The van der Waals surface area contributed by atoms with E-state index in [1.165, 1.54) is 12.1 Å². The summed E-state index contributed by atoms with van der Waals surface area (Å²) in [6.45, 7) is 0.792. The van der Waals surface area contributed by atoms with Crippen molar-refractivity contribution >= 4 is 17.6 Å². The number of terminal acetylenes is 1. The van der Waals surface area contributed by atoms with Crippen LogP contribution in [0.5, 0.6) is 0 Å². The van der Waals surface area contributed by atoms with Crippen molar-refractivity contribution in [3.63, 3.8) is 0 Å². The van der Waals surface area contributed by atoms with E-state index in [1.54, 1.807) is 6.92 Å². The lowest BCUT2D eigenvalue weighted by atomic mass is 10.1. The van der Waals surface area contributed by atoms with Crippen molar-refractivity contribution in [2.45, 2.75) is 6.92 Å². The maximum absolute atomic E-state index is 12.1. The molecular formula is C13H12N2O5. The Bertz CT molecular complexity index is 603. The molecule has 0 heterocycles. The molecule has 7 heteroatoms. The van der Waals surface area contributed by atoms with E-state index in [9.17, 15) is 19.7 Å². The number of carboxylic acid groups (broad SMARTS) is 1. The number of carbonyl (C=O) groups is 2. The summed E-state index contributed by atoms with van der Waals surface area (Å²) in [5.74, 6) is 0.309. The molecule has 0 fully saturated rings. The zero-order chi connectivity index (χ0) is 15.3. The van der Waals surface area contributed by atoms with Crippen LogP contribution in [-0.4, -0.2) is 39.9 Å². The molecule has 0 aliphatic rings. The second-order valence-corrected chi connectivity index (χ2v) is 4.02. The van der Waals surface area contributed by atoms with Gasteiger partial charge in [0.15, 0.2) is 0 Å². The highest BCUT2D eigenvalue weighted by Gasteiger charge is 2.20. The van der Waals surface area contributed by atoms with Gasteiger partial charge in [-0.2, -0.15) is 0 Å². The van der Waals surface area contributed by atoms with Crippen molar-refractivity contribution in [1.82, 2.24) is 4.90 Å². The Morgan fingerprint density at radius 1 is 1.50 bits per heavy atom. The molecule has 0 atom stereocenters. The number of benzene rings is 1. The van der Waals surface area contributed by atoms with Crippen molar-refractivity contribution in [3.05, 3.63) is 39.4 Å². The number of aryl methyl sites for hydroxylation is 1. The highest BCUT2D eigenvalue weighted by Crippen LogP contribution is 2.20. The predicted octanol–water partition coefficient (Wildman–Crippen LogP) is 1.06. The Balaban J connectivity index is 3.12. The van der Waals surface area contributed by atoms with Crippen LogP contribution in [0.4, 0.5) is 5.69 Å². The van der Waals surface area contributed by atoms with Gasteiger partial charge in [0, 0.05) is 17.2 Å². The zero-order valence-corrected chi connectivity index (χ0v) is 10.7. The molecule has 7 nitrogen and oxygen atoms in total. The molecule has 1 aromatic rings. The van der Waals surface area contributed by atoms with E-state index < -0.39 is 23.3 Å². The van der Waals surface area contributed by atoms with E-state index in [1.807, 2.05) is 0 Å². The molecule has 0 radical (unpaired) electrons. The minimum absolute atomic E-state index is 0.0267. The molecule has 0 aliphatic carbocycles. The van der Waals surface area contributed by atoms with E-state index in [0.29, 0.717) is 5.56 Å². The number of rotatable bonds is 5. The van der Waals surface area contributed by atoms with Crippen LogP contribution in [0.3, 0.4) is 0 Å². The number of aliphatic carboxylic acids is 1. The van der Waals surface area contributed by atoms with Crippen LogP contribution < -0.4 is 0 Å². The second kappa shape index (κ2) is 6.33. The summed E-state index contributed by atoms with van der Waals surface area (Å²) in [5.41, 5.74) is 0.235. The Morgan fingerprint density at radius 3 is 2.65 bits per heavy atom. The van der Waals surface area contributed by atoms with Crippen molar-refractivity contribution < 1.29 is 19.6 Å². The van der Waals surface area contributed by atoms with E-state index in [2.05, 4.69) is 5.92 Å². The van der Waals surface area contributed by atoms with E-state index >= 15 is 0 Å².